The maximum atomic E-state index is 13.1. The molecule has 0 fully saturated rings. The van der Waals surface area contributed by atoms with Gasteiger partial charge in [-0.2, -0.15) is 13.2 Å². The number of rotatable bonds is 2. The van der Waals surface area contributed by atoms with Crippen LogP contribution < -0.4 is 5.73 Å². The second kappa shape index (κ2) is 4.91. The lowest BCUT2D eigenvalue weighted by Crippen LogP contribution is -2.05. The van der Waals surface area contributed by atoms with E-state index in [4.69, 9.17) is 5.73 Å². The highest BCUT2D eigenvalue weighted by molar-refractivity contribution is 5.49. The minimum Gasteiger partial charge on any atom is -0.398 e. The standard InChI is InChI=1S/C14H11F4N/c15-12-4-5-13(19)10(8-12)6-9-2-1-3-11(7-9)14(16,17)18/h1-5,7-8H,6,19H2. The number of nitrogen functional groups attached to an aromatic ring is 1. The molecular weight excluding hydrogens is 258 g/mol. The highest BCUT2D eigenvalue weighted by atomic mass is 19.4. The van der Waals surface area contributed by atoms with Crippen LogP contribution in [0.4, 0.5) is 23.2 Å². The smallest absolute Gasteiger partial charge is 0.398 e. The fourth-order valence-corrected chi connectivity index (χ4v) is 1.80. The third-order valence-corrected chi connectivity index (χ3v) is 2.75. The first-order valence-corrected chi connectivity index (χ1v) is 5.56. The third-order valence-electron chi connectivity index (χ3n) is 2.75. The number of halogens is 4. The Bertz CT molecular complexity index is 590. The molecule has 0 aromatic heterocycles. The number of alkyl halides is 3. The Hall–Kier alpha value is -2.04. The van der Waals surface area contributed by atoms with Gasteiger partial charge < -0.3 is 5.73 Å². The van der Waals surface area contributed by atoms with Crippen molar-refractivity contribution in [2.75, 3.05) is 5.73 Å². The number of hydrogen-bond acceptors (Lipinski definition) is 1. The van der Waals surface area contributed by atoms with E-state index in [1.807, 2.05) is 0 Å². The first-order chi connectivity index (χ1) is 8.86. The molecule has 100 valence electrons. The van der Waals surface area contributed by atoms with E-state index in [2.05, 4.69) is 0 Å². The minimum atomic E-state index is -4.39. The van der Waals surface area contributed by atoms with Crippen LogP contribution in [-0.4, -0.2) is 0 Å². The van der Waals surface area contributed by atoms with Crippen molar-refractivity contribution < 1.29 is 17.6 Å². The van der Waals surface area contributed by atoms with Gasteiger partial charge in [-0.25, -0.2) is 4.39 Å². The summed E-state index contributed by atoms with van der Waals surface area (Å²) in [6.45, 7) is 0. The van der Waals surface area contributed by atoms with Crippen molar-refractivity contribution in [2.45, 2.75) is 12.6 Å². The first-order valence-electron chi connectivity index (χ1n) is 5.56. The molecule has 2 N–H and O–H groups in total. The molecular formula is C14H11F4N. The minimum absolute atomic E-state index is 0.160. The van der Waals surface area contributed by atoms with Gasteiger partial charge in [0.2, 0.25) is 0 Å². The molecule has 0 radical (unpaired) electrons. The molecule has 2 rings (SSSR count). The Labute approximate surface area is 107 Å². The Morgan fingerprint density at radius 3 is 2.42 bits per heavy atom. The summed E-state index contributed by atoms with van der Waals surface area (Å²) in [6.07, 6.45) is -4.23. The fraction of sp³-hybridized carbons (Fsp3) is 0.143. The first kappa shape index (κ1) is 13.4. The van der Waals surface area contributed by atoms with Gasteiger partial charge in [0.1, 0.15) is 5.82 Å². The van der Waals surface area contributed by atoms with Gasteiger partial charge in [-0.3, -0.25) is 0 Å². The van der Waals surface area contributed by atoms with E-state index in [9.17, 15) is 17.6 Å². The van der Waals surface area contributed by atoms with Crippen LogP contribution >= 0.6 is 0 Å². The molecule has 2 aromatic rings. The average molecular weight is 269 g/mol. The molecule has 0 amide bonds. The Balaban J connectivity index is 2.31. The maximum absolute atomic E-state index is 13.1. The van der Waals surface area contributed by atoms with E-state index in [-0.39, 0.29) is 6.42 Å². The summed E-state index contributed by atoms with van der Waals surface area (Å²) >= 11 is 0. The summed E-state index contributed by atoms with van der Waals surface area (Å²) in [7, 11) is 0. The predicted octanol–water partition coefficient (Wildman–Crippen LogP) is 4.02. The zero-order chi connectivity index (χ0) is 14.0. The van der Waals surface area contributed by atoms with Gasteiger partial charge in [0, 0.05) is 5.69 Å². The summed E-state index contributed by atoms with van der Waals surface area (Å²) in [6, 6.07) is 8.77. The van der Waals surface area contributed by atoms with Gasteiger partial charge in [0.15, 0.2) is 0 Å². The van der Waals surface area contributed by atoms with Crippen LogP contribution in [0.25, 0.3) is 0 Å². The molecule has 1 nitrogen and oxygen atoms in total. The molecule has 2 aromatic carbocycles. The molecule has 0 aliphatic rings. The van der Waals surface area contributed by atoms with E-state index in [0.717, 1.165) is 12.1 Å². The number of nitrogens with two attached hydrogens (primary N) is 1. The molecule has 0 unspecified atom stereocenters. The van der Waals surface area contributed by atoms with Crippen LogP contribution in [0, 0.1) is 5.82 Å². The highest BCUT2D eigenvalue weighted by Crippen LogP contribution is 2.30. The number of anilines is 1. The third kappa shape index (κ3) is 3.24. The van der Waals surface area contributed by atoms with Crippen LogP contribution in [0.3, 0.4) is 0 Å². The lowest BCUT2D eigenvalue weighted by molar-refractivity contribution is -0.137. The lowest BCUT2D eigenvalue weighted by Gasteiger charge is -2.10. The van der Waals surface area contributed by atoms with Gasteiger partial charge in [-0.05, 0) is 41.8 Å². The molecule has 0 saturated carbocycles. The molecule has 0 saturated heterocycles. The van der Waals surface area contributed by atoms with Crippen LogP contribution in [0.1, 0.15) is 16.7 Å². The SMILES string of the molecule is Nc1ccc(F)cc1Cc1cccc(C(F)(F)F)c1. The maximum Gasteiger partial charge on any atom is 0.416 e. The molecule has 0 aliphatic carbocycles. The van der Waals surface area contributed by atoms with E-state index < -0.39 is 17.6 Å². The van der Waals surface area contributed by atoms with Gasteiger partial charge >= 0.3 is 6.18 Å². The normalized spacial score (nSPS) is 11.6. The second-order valence-electron chi connectivity index (χ2n) is 4.22. The van der Waals surface area contributed by atoms with Crippen molar-refractivity contribution in [2.24, 2.45) is 0 Å². The van der Waals surface area contributed by atoms with Crippen molar-refractivity contribution in [1.29, 1.82) is 0 Å². The van der Waals surface area contributed by atoms with Gasteiger partial charge in [-0.15, -0.1) is 0 Å². The van der Waals surface area contributed by atoms with Gasteiger partial charge in [-0.1, -0.05) is 18.2 Å². The van der Waals surface area contributed by atoms with Crippen molar-refractivity contribution in [1.82, 2.24) is 0 Å². The van der Waals surface area contributed by atoms with E-state index in [0.29, 0.717) is 16.8 Å². The molecule has 0 aliphatic heterocycles. The van der Waals surface area contributed by atoms with Crippen LogP contribution in [-0.2, 0) is 12.6 Å². The molecule has 5 heteroatoms. The number of benzene rings is 2. The van der Waals surface area contributed by atoms with Crippen LogP contribution in [0.5, 0.6) is 0 Å². The Morgan fingerprint density at radius 1 is 1.00 bits per heavy atom. The topological polar surface area (TPSA) is 26.0 Å². The average Bonchev–Trinajstić information content (AvgIpc) is 2.33. The molecule has 0 spiro atoms. The van der Waals surface area contributed by atoms with Gasteiger partial charge in [0.25, 0.3) is 0 Å². The molecule has 19 heavy (non-hydrogen) atoms. The van der Waals surface area contributed by atoms with Crippen molar-refractivity contribution in [3.63, 3.8) is 0 Å². The molecule has 0 atom stereocenters. The Kier molecular flexibility index (Phi) is 3.46. The largest absolute Gasteiger partial charge is 0.416 e. The zero-order valence-electron chi connectivity index (χ0n) is 9.84. The van der Waals surface area contributed by atoms with Crippen molar-refractivity contribution >= 4 is 5.69 Å². The quantitative estimate of drug-likeness (QED) is 0.646. The summed E-state index contributed by atoms with van der Waals surface area (Å²) in [4.78, 5) is 0. The lowest BCUT2D eigenvalue weighted by atomic mass is 10.0. The van der Waals surface area contributed by atoms with Crippen molar-refractivity contribution in [3.8, 4) is 0 Å². The van der Waals surface area contributed by atoms with E-state index in [1.165, 1.54) is 24.3 Å². The van der Waals surface area contributed by atoms with E-state index in [1.54, 1.807) is 6.07 Å². The zero-order valence-corrected chi connectivity index (χ0v) is 9.84. The monoisotopic (exact) mass is 269 g/mol. The fourth-order valence-electron chi connectivity index (χ4n) is 1.80. The molecule has 0 heterocycles. The Morgan fingerprint density at radius 2 is 1.74 bits per heavy atom. The van der Waals surface area contributed by atoms with Gasteiger partial charge in [0.05, 0.1) is 5.56 Å². The summed E-state index contributed by atoms with van der Waals surface area (Å²) in [5.41, 5.74) is 6.22. The number of hydrogen-bond donors (Lipinski definition) is 1. The highest BCUT2D eigenvalue weighted by Gasteiger charge is 2.30. The predicted molar refractivity (Wildman–Crippen MR) is 65.1 cm³/mol. The van der Waals surface area contributed by atoms with E-state index >= 15 is 0 Å². The summed E-state index contributed by atoms with van der Waals surface area (Å²) in [5.74, 6) is -0.462. The summed E-state index contributed by atoms with van der Waals surface area (Å²) in [5, 5.41) is 0. The van der Waals surface area contributed by atoms with Crippen LogP contribution in [0.2, 0.25) is 0 Å². The van der Waals surface area contributed by atoms with Crippen LogP contribution in [0.15, 0.2) is 42.5 Å². The summed E-state index contributed by atoms with van der Waals surface area (Å²) < 4.78 is 50.8. The molecule has 0 bridgehead atoms. The van der Waals surface area contributed by atoms with Crippen molar-refractivity contribution in [3.05, 3.63) is 65.0 Å². The second-order valence-corrected chi connectivity index (χ2v) is 4.22.